The van der Waals surface area contributed by atoms with E-state index in [2.05, 4.69) is 15.0 Å². The number of pyridine rings is 1. The summed E-state index contributed by atoms with van der Waals surface area (Å²) in [6.45, 7) is 0.436. The highest BCUT2D eigenvalue weighted by Gasteiger charge is 2.23. The van der Waals surface area contributed by atoms with E-state index in [1.54, 1.807) is 30.4 Å². The van der Waals surface area contributed by atoms with Crippen LogP contribution in [0, 0.1) is 10.1 Å². The Morgan fingerprint density at radius 1 is 1.47 bits per heavy atom. The smallest absolute Gasteiger partial charge is 0.353 e. The minimum Gasteiger partial charge on any atom is -0.378 e. The summed E-state index contributed by atoms with van der Waals surface area (Å²) in [4.78, 5) is 23.6. The van der Waals surface area contributed by atoms with Gasteiger partial charge in [-0.15, -0.1) is 0 Å². The molecule has 0 saturated heterocycles. The summed E-state index contributed by atoms with van der Waals surface area (Å²) in [5.41, 5.74) is 6.15. The lowest BCUT2D eigenvalue weighted by Gasteiger charge is -2.17. The zero-order valence-electron chi connectivity index (χ0n) is 10.2. The number of nitrogens with two attached hydrogens (primary N) is 1. The van der Waals surface area contributed by atoms with Crippen molar-refractivity contribution in [2.45, 2.75) is 6.54 Å². The molecule has 8 nitrogen and oxygen atoms in total. The van der Waals surface area contributed by atoms with Gasteiger partial charge in [-0.25, -0.2) is 9.97 Å². The molecule has 2 aromatic heterocycles. The van der Waals surface area contributed by atoms with E-state index in [1.165, 1.54) is 6.33 Å². The normalized spacial score (nSPS) is 10.2. The molecule has 0 aliphatic rings. The number of hydrogen-bond acceptors (Lipinski definition) is 7. The molecule has 0 unspecified atom stereocenters. The van der Waals surface area contributed by atoms with Gasteiger partial charge in [-0.05, 0) is 11.6 Å². The van der Waals surface area contributed by atoms with Gasteiger partial charge in [0.2, 0.25) is 11.6 Å². The van der Waals surface area contributed by atoms with Crippen LogP contribution >= 0.6 is 0 Å². The van der Waals surface area contributed by atoms with Gasteiger partial charge in [0.15, 0.2) is 0 Å². The van der Waals surface area contributed by atoms with Crippen LogP contribution in [0.2, 0.25) is 0 Å². The maximum absolute atomic E-state index is 11.0. The first-order valence-electron chi connectivity index (χ1n) is 5.44. The van der Waals surface area contributed by atoms with Crippen molar-refractivity contribution in [1.82, 2.24) is 15.0 Å². The van der Waals surface area contributed by atoms with Crippen LogP contribution < -0.4 is 10.6 Å². The molecule has 0 spiro atoms. The molecule has 19 heavy (non-hydrogen) atoms. The first-order valence-corrected chi connectivity index (χ1v) is 5.44. The molecular formula is C11H12N6O2. The predicted octanol–water partition coefficient (Wildman–Crippen LogP) is 0.998. The Morgan fingerprint density at radius 3 is 2.89 bits per heavy atom. The van der Waals surface area contributed by atoms with E-state index < -0.39 is 4.92 Å². The van der Waals surface area contributed by atoms with Crippen LogP contribution in [-0.2, 0) is 6.54 Å². The lowest BCUT2D eigenvalue weighted by molar-refractivity contribution is -0.383. The molecule has 0 saturated carbocycles. The number of nitrogen functional groups attached to an aromatic ring is 1. The second kappa shape index (κ2) is 5.25. The van der Waals surface area contributed by atoms with Gasteiger partial charge < -0.3 is 10.6 Å². The fraction of sp³-hybridized carbons (Fsp3) is 0.182. The maximum atomic E-state index is 11.0. The molecule has 98 valence electrons. The van der Waals surface area contributed by atoms with Crippen LogP contribution in [0.15, 0.2) is 30.9 Å². The van der Waals surface area contributed by atoms with Gasteiger partial charge in [0.05, 0.1) is 4.92 Å². The minimum atomic E-state index is -0.579. The number of rotatable bonds is 4. The quantitative estimate of drug-likeness (QED) is 0.644. The molecule has 2 heterocycles. The molecule has 0 fully saturated rings. The molecule has 0 bridgehead atoms. The lowest BCUT2D eigenvalue weighted by Crippen LogP contribution is -2.20. The minimum absolute atomic E-state index is 0.145. The Hall–Kier alpha value is -2.77. The zero-order valence-corrected chi connectivity index (χ0v) is 10.2. The van der Waals surface area contributed by atoms with Gasteiger partial charge in [0.25, 0.3) is 0 Å². The van der Waals surface area contributed by atoms with Gasteiger partial charge in [0, 0.05) is 26.0 Å². The van der Waals surface area contributed by atoms with E-state index in [-0.39, 0.29) is 17.3 Å². The molecule has 0 atom stereocenters. The van der Waals surface area contributed by atoms with Crippen LogP contribution in [0.4, 0.5) is 17.3 Å². The molecule has 0 aromatic carbocycles. The van der Waals surface area contributed by atoms with Gasteiger partial charge in [0.1, 0.15) is 6.33 Å². The number of nitro groups is 1. The van der Waals surface area contributed by atoms with E-state index in [0.717, 1.165) is 5.56 Å². The Bertz CT molecular complexity index is 589. The zero-order chi connectivity index (χ0) is 13.8. The lowest BCUT2D eigenvalue weighted by atomic mass is 10.2. The number of nitrogens with zero attached hydrogens (tertiary/aromatic N) is 5. The summed E-state index contributed by atoms with van der Waals surface area (Å²) in [7, 11) is 1.70. The third kappa shape index (κ3) is 2.73. The van der Waals surface area contributed by atoms with Crippen molar-refractivity contribution in [3.05, 3.63) is 46.5 Å². The fourth-order valence-electron chi connectivity index (χ4n) is 1.68. The monoisotopic (exact) mass is 260 g/mol. The van der Waals surface area contributed by atoms with Crippen molar-refractivity contribution in [2.24, 2.45) is 0 Å². The third-order valence-electron chi connectivity index (χ3n) is 2.52. The number of aromatic nitrogens is 3. The van der Waals surface area contributed by atoms with Gasteiger partial charge in [-0.3, -0.25) is 15.1 Å². The second-order valence-corrected chi connectivity index (χ2v) is 3.91. The molecule has 2 aromatic rings. The Morgan fingerprint density at radius 2 is 2.26 bits per heavy atom. The summed E-state index contributed by atoms with van der Waals surface area (Å²) in [5.74, 6) is 0.0365. The SMILES string of the molecule is CN(Cc1cccnc1)c1ncnc(N)c1[N+](=O)[O-]. The van der Waals surface area contributed by atoms with Crippen molar-refractivity contribution in [1.29, 1.82) is 0 Å². The van der Waals surface area contributed by atoms with Crippen LogP contribution in [0.3, 0.4) is 0 Å². The second-order valence-electron chi connectivity index (χ2n) is 3.91. The largest absolute Gasteiger partial charge is 0.378 e. The van der Waals surface area contributed by atoms with Gasteiger partial charge >= 0.3 is 5.69 Å². The van der Waals surface area contributed by atoms with Gasteiger partial charge in [-0.1, -0.05) is 6.07 Å². The van der Waals surface area contributed by atoms with Crippen molar-refractivity contribution >= 4 is 17.3 Å². The third-order valence-corrected chi connectivity index (χ3v) is 2.52. The highest BCUT2D eigenvalue weighted by molar-refractivity contribution is 5.68. The van der Waals surface area contributed by atoms with Crippen LogP contribution in [0.5, 0.6) is 0 Å². The molecule has 0 aliphatic heterocycles. The Labute approximate surface area is 109 Å². The first kappa shape index (κ1) is 12.7. The van der Waals surface area contributed by atoms with Crippen molar-refractivity contribution in [3.63, 3.8) is 0 Å². The summed E-state index contributed by atoms with van der Waals surface area (Å²) in [6, 6.07) is 3.67. The van der Waals surface area contributed by atoms with Crippen LogP contribution in [-0.4, -0.2) is 26.9 Å². The van der Waals surface area contributed by atoms with E-state index in [0.29, 0.717) is 6.54 Å². The van der Waals surface area contributed by atoms with Gasteiger partial charge in [-0.2, -0.15) is 0 Å². The van der Waals surface area contributed by atoms with Crippen molar-refractivity contribution in [2.75, 3.05) is 17.7 Å². The average molecular weight is 260 g/mol. The maximum Gasteiger partial charge on any atom is 0.353 e. The average Bonchev–Trinajstić information content (AvgIpc) is 2.39. The molecule has 0 radical (unpaired) electrons. The standard InChI is InChI=1S/C11H12N6O2/c1-16(6-8-3-2-4-13-5-8)11-9(17(18)19)10(12)14-7-15-11/h2-5,7H,6H2,1H3,(H2,12,14,15). The summed E-state index contributed by atoms with van der Waals surface area (Å²) >= 11 is 0. The van der Waals surface area contributed by atoms with E-state index in [9.17, 15) is 10.1 Å². The topological polar surface area (TPSA) is 111 Å². The highest BCUT2D eigenvalue weighted by Crippen LogP contribution is 2.29. The van der Waals surface area contributed by atoms with E-state index in [4.69, 9.17) is 5.73 Å². The van der Waals surface area contributed by atoms with E-state index >= 15 is 0 Å². The van der Waals surface area contributed by atoms with Crippen LogP contribution in [0.1, 0.15) is 5.56 Å². The Balaban J connectivity index is 2.31. The molecule has 2 rings (SSSR count). The molecule has 2 N–H and O–H groups in total. The number of anilines is 2. The summed E-state index contributed by atoms with van der Waals surface area (Å²) in [6.07, 6.45) is 4.55. The van der Waals surface area contributed by atoms with Crippen molar-refractivity contribution in [3.8, 4) is 0 Å². The summed E-state index contributed by atoms with van der Waals surface area (Å²) < 4.78 is 0. The molecule has 0 amide bonds. The Kier molecular flexibility index (Phi) is 3.51. The number of hydrogen-bond donors (Lipinski definition) is 1. The summed E-state index contributed by atoms with van der Waals surface area (Å²) in [5, 5.41) is 11.0. The highest BCUT2D eigenvalue weighted by atomic mass is 16.6. The molecular weight excluding hydrogens is 248 g/mol. The first-order chi connectivity index (χ1) is 9.09. The van der Waals surface area contributed by atoms with Crippen molar-refractivity contribution < 1.29 is 4.92 Å². The molecule has 0 aliphatic carbocycles. The molecule has 8 heteroatoms. The predicted molar refractivity (Wildman–Crippen MR) is 69.4 cm³/mol. The van der Waals surface area contributed by atoms with Crippen LogP contribution in [0.25, 0.3) is 0 Å². The van der Waals surface area contributed by atoms with E-state index in [1.807, 2.05) is 6.07 Å². The fourth-order valence-corrected chi connectivity index (χ4v) is 1.68.